The van der Waals surface area contributed by atoms with Crippen LogP contribution in [0.4, 0.5) is 0 Å². The zero-order valence-electron chi connectivity index (χ0n) is 13.1. The number of hydrogen-bond acceptors (Lipinski definition) is 5. The molecule has 0 spiro atoms. The molecule has 0 aliphatic rings. The zero-order valence-corrected chi connectivity index (χ0v) is 13.1. The average molecular weight is 296 g/mol. The van der Waals surface area contributed by atoms with Gasteiger partial charge in [0.2, 0.25) is 0 Å². The Morgan fingerprint density at radius 2 is 1.86 bits per heavy atom. The average Bonchev–Trinajstić information content (AvgIpc) is 2.41. The van der Waals surface area contributed by atoms with Crippen molar-refractivity contribution in [2.24, 2.45) is 11.3 Å². The number of para-hydroxylation sites is 1. The minimum absolute atomic E-state index is 0.0406. The lowest BCUT2D eigenvalue weighted by molar-refractivity contribution is -0.492. The minimum atomic E-state index is -0.652. The highest BCUT2D eigenvalue weighted by Crippen LogP contribution is 2.25. The van der Waals surface area contributed by atoms with Gasteiger partial charge in [-0.2, -0.15) is 4.89 Å². The van der Waals surface area contributed by atoms with Crippen LogP contribution in [-0.2, 0) is 19.6 Å². The van der Waals surface area contributed by atoms with E-state index in [0.29, 0.717) is 18.3 Å². The molecular formula is C16H24O5. The van der Waals surface area contributed by atoms with E-state index in [4.69, 9.17) is 9.62 Å². The summed E-state index contributed by atoms with van der Waals surface area (Å²) in [4.78, 5) is 20.8. The quantitative estimate of drug-likeness (QED) is 0.396. The fourth-order valence-electron chi connectivity index (χ4n) is 2.09. The van der Waals surface area contributed by atoms with Crippen LogP contribution in [0.2, 0.25) is 0 Å². The summed E-state index contributed by atoms with van der Waals surface area (Å²) in [6, 6.07) is 8.99. The van der Waals surface area contributed by atoms with Crippen LogP contribution >= 0.6 is 0 Å². The molecule has 5 heteroatoms. The molecule has 0 fully saturated rings. The van der Waals surface area contributed by atoms with Gasteiger partial charge in [0.1, 0.15) is 5.75 Å². The van der Waals surface area contributed by atoms with Gasteiger partial charge in [0.15, 0.2) is 6.61 Å². The Morgan fingerprint density at radius 1 is 1.19 bits per heavy atom. The molecule has 0 N–H and O–H groups in total. The Hall–Kier alpha value is -1.59. The number of benzene rings is 1. The van der Waals surface area contributed by atoms with Crippen molar-refractivity contribution < 1.29 is 24.3 Å². The number of carbonyl (C=O) groups excluding carboxylic acids is 1. The van der Waals surface area contributed by atoms with Gasteiger partial charge in [0, 0.05) is 0 Å². The molecule has 0 aliphatic heterocycles. The lowest BCUT2D eigenvalue weighted by Gasteiger charge is -2.24. The molecule has 21 heavy (non-hydrogen) atoms. The number of ether oxygens (including phenoxy) is 1. The van der Waals surface area contributed by atoms with E-state index in [-0.39, 0.29) is 12.0 Å². The van der Waals surface area contributed by atoms with Crippen molar-refractivity contribution in [3.63, 3.8) is 0 Å². The first-order valence-corrected chi connectivity index (χ1v) is 7.06. The molecular weight excluding hydrogens is 272 g/mol. The fourth-order valence-corrected chi connectivity index (χ4v) is 2.09. The molecule has 0 saturated carbocycles. The summed E-state index contributed by atoms with van der Waals surface area (Å²) in [5.41, 5.74) is -0.0406. The molecule has 0 aliphatic carbocycles. The number of carbonyl (C=O) groups is 1. The third-order valence-electron chi connectivity index (χ3n) is 2.69. The van der Waals surface area contributed by atoms with Crippen LogP contribution in [-0.4, -0.2) is 19.2 Å². The Bertz CT molecular complexity index is 414. The van der Waals surface area contributed by atoms with Crippen molar-refractivity contribution in [2.45, 2.75) is 34.1 Å². The third-order valence-corrected chi connectivity index (χ3v) is 2.69. The van der Waals surface area contributed by atoms with Crippen LogP contribution in [0, 0.1) is 11.3 Å². The van der Waals surface area contributed by atoms with Crippen molar-refractivity contribution >= 4 is 5.97 Å². The molecule has 0 unspecified atom stereocenters. The summed E-state index contributed by atoms with van der Waals surface area (Å²) in [6.07, 6.45) is 0.988. The summed E-state index contributed by atoms with van der Waals surface area (Å²) in [5.74, 6) is 0.499. The van der Waals surface area contributed by atoms with Gasteiger partial charge in [0.25, 0.3) is 0 Å². The second-order valence-corrected chi connectivity index (χ2v) is 6.15. The third kappa shape index (κ3) is 8.32. The standard InChI is InChI=1S/C16H24O5/c1-13(2)10-16(3,4)12-19-21-20-15(17)11-18-14-8-6-5-7-9-14/h5-9,13H,10-12H2,1-4H3. The van der Waals surface area contributed by atoms with Gasteiger partial charge >= 0.3 is 5.97 Å². The summed E-state index contributed by atoms with van der Waals surface area (Å²) < 4.78 is 5.21. The molecule has 0 heterocycles. The molecule has 0 bridgehead atoms. The summed E-state index contributed by atoms with van der Waals surface area (Å²) in [7, 11) is 0. The van der Waals surface area contributed by atoms with Crippen molar-refractivity contribution in [1.82, 2.24) is 0 Å². The van der Waals surface area contributed by atoms with Crippen molar-refractivity contribution in [2.75, 3.05) is 13.2 Å². The van der Waals surface area contributed by atoms with Crippen molar-refractivity contribution in [3.05, 3.63) is 30.3 Å². The maximum atomic E-state index is 11.4. The Kier molecular flexibility index (Phi) is 7.19. The SMILES string of the molecule is CC(C)CC(C)(C)COOOC(=O)COc1ccccc1. The van der Waals surface area contributed by atoms with Crippen LogP contribution in [0.5, 0.6) is 5.75 Å². The normalized spacial score (nSPS) is 11.5. The highest BCUT2D eigenvalue weighted by Gasteiger charge is 2.21. The predicted octanol–water partition coefficient (Wildman–Crippen LogP) is 3.54. The second-order valence-electron chi connectivity index (χ2n) is 6.15. The Balaban J connectivity index is 2.13. The molecule has 0 radical (unpaired) electrons. The van der Waals surface area contributed by atoms with Gasteiger partial charge in [0.05, 0.1) is 6.61 Å². The number of hydrogen-bond donors (Lipinski definition) is 0. The molecule has 0 aromatic heterocycles. The molecule has 0 amide bonds. The molecule has 0 atom stereocenters. The first-order valence-electron chi connectivity index (χ1n) is 7.06. The van der Waals surface area contributed by atoms with E-state index in [1.54, 1.807) is 12.1 Å². The first-order chi connectivity index (χ1) is 9.89. The van der Waals surface area contributed by atoms with E-state index in [0.717, 1.165) is 6.42 Å². The molecule has 1 rings (SSSR count). The van der Waals surface area contributed by atoms with Crippen molar-refractivity contribution in [3.8, 4) is 5.75 Å². The largest absolute Gasteiger partial charge is 0.482 e. The van der Waals surface area contributed by atoms with E-state index in [1.165, 1.54) is 0 Å². The van der Waals surface area contributed by atoms with Gasteiger partial charge in [-0.15, -0.1) is 0 Å². The Morgan fingerprint density at radius 3 is 2.48 bits per heavy atom. The van der Waals surface area contributed by atoms with Gasteiger partial charge in [-0.05, 0) is 34.9 Å². The fraction of sp³-hybridized carbons (Fsp3) is 0.562. The van der Waals surface area contributed by atoms with E-state index in [1.807, 2.05) is 18.2 Å². The van der Waals surface area contributed by atoms with Gasteiger partial charge in [-0.1, -0.05) is 45.9 Å². The van der Waals surface area contributed by atoms with E-state index < -0.39 is 5.97 Å². The smallest absolute Gasteiger partial charge is 0.382 e. The molecule has 0 saturated heterocycles. The van der Waals surface area contributed by atoms with Crippen LogP contribution in [0.1, 0.15) is 34.1 Å². The highest BCUT2D eigenvalue weighted by molar-refractivity contribution is 5.70. The van der Waals surface area contributed by atoms with Crippen LogP contribution in [0.25, 0.3) is 0 Å². The van der Waals surface area contributed by atoms with Crippen LogP contribution < -0.4 is 4.74 Å². The minimum Gasteiger partial charge on any atom is -0.482 e. The molecule has 118 valence electrons. The second kappa shape index (κ2) is 8.64. The lowest BCUT2D eigenvalue weighted by Crippen LogP contribution is -2.23. The van der Waals surface area contributed by atoms with E-state index in [9.17, 15) is 4.79 Å². The van der Waals surface area contributed by atoms with Crippen LogP contribution in [0.15, 0.2) is 30.3 Å². The van der Waals surface area contributed by atoms with Crippen molar-refractivity contribution in [1.29, 1.82) is 0 Å². The predicted molar refractivity (Wildman–Crippen MR) is 78.3 cm³/mol. The summed E-state index contributed by atoms with van der Waals surface area (Å²) in [6.45, 7) is 8.53. The number of rotatable bonds is 9. The molecule has 5 nitrogen and oxygen atoms in total. The van der Waals surface area contributed by atoms with Gasteiger partial charge < -0.3 is 4.74 Å². The summed E-state index contributed by atoms with van der Waals surface area (Å²) in [5, 5.41) is 4.47. The Labute approximate surface area is 126 Å². The van der Waals surface area contributed by atoms with Gasteiger partial charge in [-0.3, -0.25) is 4.89 Å². The molecule has 1 aromatic carbocycles. The summed E-state index contributed by atoms with van der Waals surface area (Å²) >= 11 is 0. The van der Waals surface area contributed by atoms with E-state index in [2.05, 4.69) is 37.6 Å². The maximum absolute atomic E-state index is 11.4. The van der Waals surface area contributed by atoms with E-state index >= 15 is 0 Å². The highest BCUT2D eigenvalue weighted by atomic mass is 17.5. The van der Waals surface area contributed by atoms with Gasteiger partial charge in [-0.25, -0.2) is 4.79 Å². The monoisotopic (exact) mass is 296 g/mol. The van der Waals surface area contributed by atoms with Crippen LogP contribution in [0.3, 0.4) is 0 Å². The lowest BCUT2D eigenvalue weighted by atomic mass is 9.85. The topological polar surface area (TPSA) is 54.0 Å². The molecule has 1 aromatic rings. The maximum Gasteiger partial charge on any atom is 0.382 e. The zero-order chi connectivity index (χ0) is 15.7. The first kappa shape index (κ1) is 17.5.